The summed E-state index contributed by atoms with van der Waals surface area (Å²) in [5.74, 6) is 0.191. The number of nitrogens with zero attached hydrogens (tertiary/aromatic N) is 2. The SMILES string of the molecule is C[C@H]1C[C@@H](NCc2ccc(C(=O)O)cc2)c2nccn21. The molecule has 1 aliphatic heterocycles. The maximum Gasteiger partial charge on any atom is 0.335 e. The zero-order chi connectivity index (χ0) is 14.1. The van der Waals surface area contributed by atoms with E-state index in [2.05, 4.69) is 21.8 Å². The lowest BCUT2D eigenvalue weighted by Crippen LogP contribution is -2.19. The van der Waals surface area contributed by atoms with Crippen molar-refractivity contribution in [3.8, 4) is 0 Å². The minimum absolute atomic E-state index is 0.263. The zero-order valence-corrected chi connectivity index (χ0v) is 11.3. The van der Waals surface area contributed by atoms with Crippen molar-refractivity contribution in [3.63, 3.8) is 0 Å². The van der Waals surface area contributed by atoms with Crippen molar-refractivity contribution in [3.05, 3.63) is 53.6 Å². The van der Waals surface area contributed by atoms with E-state index in [1.165, 1.54) is 0 Å². The van der Waals surface area contributed by atoms with Crippen LogP contribution in [0.25, 0.3) is 0 Å². The number of carbonyl (C=O) groups is 1. The van der Waals surface area contributed by atoms with Gasteiger partial charge in [0.25, 0.3) is 0 Å². The van der Waals surface area contributed by atoms with Crippen LogP contribution in [-0.2, 0) is 6.54 Å². The van der Waals surface area contributed by atoms with Crippen LogP contribution in [0.3, 0.4) is 0 Å². The third-order valence-electron chi connectivity index (χ3n) is 3.82. The van der Waals surface area contributed by atoms with Gasteiger partial charge in [-0.3, -0.25) is 0 Å². The summed E-state index contributed by atoms with van der Waals surface area (Å²) in [4.78, 5) is 15.2. The number of imidazole rings is 1. The molecule has 0 amide bonds. The Morgan fingerprint density at radius 3 is 2.90 bits per heavy atom. The largest absolute Gasteiger partial charge is 0.478 e. The van der Waals surface area contributed by atoms with Gasteiger partial charge in [0, 0.05) is 25.0 Å². The molecule has 2 N–H and O–H groups in total. The first-order valence-electron chi connectivity index (χ1n) is 6.73. The molecule has 2 atom stereocenters. The minimum atomic E-state index is -0.892. The van der Waals surface area contributed by atoms with Gasteiger partial charge in [-0.2, -0.15) is 0 Å². The first-order chi connectivity index (χ1) is 9.65. The summed E-state index contributed by atoms with van der Waals surface area (Å²) >= 11 is 0. The standard InChI is InChI=1S/C15H17N3O2/c1-10-8-13(14-16-6-7-18(10)14)17-9-11-2-4-12(5-3-11)15(19)20/h2-7,10,13,17H,8-9H2,1H3,(H,19,20)/t10-,13+/m0/s1. The van der Waals surface area contributed by atoms with Gasteiger partial charge in [0.1, 0.15) is 5.82 Å². The predicted molar refractivity (Wildman–Crippen MR) is 74.5 cm³/mol. The van der Waals surface area contributed by atoms with Crippen LogP contribution in [0.5, 0.6) is 0 Å². The molecule has 0 unspecified atom stereocenters. The fourth-order valence-electron chi connectivity index (χ4n) is 2.71. The highest BCUT2D eigenvalue weighted by molar-refractivity contribution is 5.87. The van der Waals surface area contributed by atoms with Crippen LogP contribution in [0.4, 0.5) is 0 Å². The highest BCUT2D eigenvalue weighted by Gasteiger charge is 2.28. The van der Waals surface area contributed by atoms with E-state index in [0.717, 1.165) is 17.8 Å². The highest BCUT2D eigenvalue weighted by Crippen LogP contribution is 2.32. The van der Waals surface area contributed by atoms with Gasteiger partial charge in [-0.15, -0.1) is 0 Å². The van der Waals surface area contributed by atoms with Crippen molar-refractivity contribution in [2.45, 2.75) is 32.0 Å². The van der Waals surface area contributed by atoms with E-state index in [9.17, 15) is 4.79 Å². The smallest absolute Gasteiger partial charge is 0.335 e. The lowest BCUT2D eigenvalue weighted by atomic mass is 10.1. The Labute approximate surface area is 117 Å². The summed E-state index contributed by atoms with van der Waals surface area (Å²) in [5, 5.41) is 12.4. The third-order valence-corrected chi connectivity index (χ3v) is 3.82. The second-order valence-electron chi connectivity index (χ2n) is 5.21. The number of aromatic carboxylic acids is 1. The fraction of sp³-hybridized carbons (Fsp3) is 0.333. The predicted octanol–water partition coefficient (Wildman–Crippen LogP) is 2.38. The minimum Gasteiger partial charge on any atom is -0.478 e. The summed E-state index contributed by atoms with van der Waals surface area (Å²) in [7, 11) is 0. The lowest BCUT2D eigenvalue weighted by molar-refractivity contribution is 0.0697. The number of nitrogens with one attached hydrogen (secondary N) is 1. The van der Waals surface area contributed by atoms with Crippen LogP contribution >= 0.6 is 0 Å². The van der Waals surface area contributed by atoms with Gasteiger partial charge in [0.05, 0.1) is 11.6 Å². The Bertz CT molecular complexity index is 618. The number of carboxylic acid groups (broad SMARTS) is 1. The summed E-state index contributed by atoms with van der Waals surface area (Å²) in [6.07, 6.45) is 4.89. The first kappa shape index (κ1) is 12.9. The highest BCUT2D eigenvalue weighted by atomic mass is 16.4. The Hall–Kier alpha value is -2.14. The summed E-state index contributed by atoms with van der Waals surface area (Å²) < 4.78 is 2.20. The van der Waals surface area contributed by atoms with Gasteiger partial charge in [-0.25, -0.2) is 9.78 Å². The molecule has 2 heterocycles. The molecule has 1 aromatic heterocycles. The van der Waals surface area contributed by atoms with Gasteiger partial charge in [0.2, 0.25) is 0 Å². The second-order valence-corrected chi connectivity index (χ2v) is 5.21. The molecule has 2 aromatic rings. The number of carboxylic acids is 1. The Morgan fingerprint density at radius 2 is 2.20 bits per heavy atom. The molecule has 0 radical (unpaired) electrons. The van der Waals surface area contributed by atoms with Crippen LogP contribution in [0.1, 0.15) is 47.2 Å². The molecule has 0 bridgehead atoms. The van der Waals surface area contributed by atoms with Crippen molar-refractivity contribution in [1.82, 2.24) is 14.9 Å². The van der Waals surface area contributed by atoms with Crippen molar-refractivity contribution in [1.29, 1.82) is 0 Å². The molecular formula is C15H17N3O2. The fourth-order valence-corrected chi connectivity index (χ4v) is 2.71. The molecule has 5 nitrogen and oxygen atoms in total. The quantitative estimate of drug-likeness (QED) is 0.896. The van der Waals surface area contributed by atoms with E-state index in [-0.39, 0.29) is 6.04 Å². The van der Waals surface area contributed by atoms with Gasteiger partial charge < -0.3 is 15.0 Å². The van der Waals surface area contributed by atoms with Crippen LogP contribution in [0.2, 0.25) is 0 Å². The molecule has 1 aliphatic rings. The van der Waals surface area contributed by atoms with Gasteiger partial charge in [-0.1, -0.05) is 12.1 Å². The molecule has 0 aliphatic carbocycles. The zero-order valence-electron chi connectivity index (χ0n) is 11.3. The van der Waals surface area contributed by atoms with E-state index < -0.39 is 5.97 Å². The monoisotopic (exact) mass is 271 g/mol. The average Bonchev–Trinajstić information content (AvgIpc) is 3.02. The number of fused-ring (bicyclic) bond motifs is 1. The molecular weight excluding hydrogens is 254 g/mol. The Balaban J connectivity index is 1.65. The third kappa shape index (κ3) is 2.32. The normalized spacial score (nSPS) is 20.9. The van der Waals surface area contributed by atoms with Crippen molar-refractivity contribution in [2.75, 3.05) is 0 Å². The van der Waals surface area contributed by atoms with Gasteiger partial charge in [-0.05, 0) is 31.0 Å². The number of aromatic nitrogens is 2. The van der Waals surface area contributed by atoms with Crippen molar-refractivity contribution < 1.29 is 9.90 Å². The number of hydrogen-bond donors (Lipinski definition) is 2. The molecule has 5 heteroatoms. The molecule has 0 saturated heterocycles. The topological polar surface area (TPSA) is 67.2 Å². The molecule has 0 spiro atoms. The molecule has 0 saturated carbocycles. The van der Waals surface area contributed by atoms with Crippen LogP contribution in [0.15, 0.2) is 36.7 Å². The number of rotatable bonds is 4. The first-order valence-corrected chi connectivity index (χ1v) is 6.73. The van der Waals surface area contributed by atoms with Gasteiger partial charge >= 0.3 is 5.97 Å². The van der Waals surface area contributed by atoms with Crippen molar-refractivity contribution >= 4 is 5.97 Å². The number of hydrogen-bond acceptors (Lipinski definition) is 3. The Morgan fingerprint density at radius 1 is 1.45 bits per heavy atom. The van der Waals surface area contributed by atoms with E-state index in [1.807, 2.05) is 24.5 Å². The van der Waals surface area contributed by atoms with E-state index in [1.54, 1.807) is 12.1 Å². The van der Waals surface area contributed by atoms with E-state index >= 15 is 0 Å². The van der Waals surface area contributed by atoms with E-state index in [0.29, 0.717) is 18.2 Å². The molecule has 0 fully saturated rings. The molecule has 104 valence electrons. The number of benzene rings is 1. The maximum atomic E-state index is 10.8. The summed E-state index contributed by atoms with van der Waals surface area (Å²) in [6, 6.07) is 7.70. The molecule has 3 rings (SSSR count). The Kier molecular flexibility index (Phi) is 3.28. The molecule has 20 heavy (non-hydrogen) atoms. The van der Waals surface area contributed by atoms with Crippen LogP contribution < -0.4 is 5.32 Å². The molecule has 1 aromatic carbocycles. The maximum absolute atomic E-state index is 10.8. The van der Waals surface area contributed by atoms with Crippen molar-refractivity contribution in [2.24, 2.45) is 0 Å². The van der Waals surface area contributed by atoms with Gasteiger partial charge in [0.15, 0.2) is 0 Å². The summed E-state index contributed by atoms with van der Waals surface area (Å²) in [6.45, 7) is 2.90. The lowest BCUT2D eigenvalue weighted by Gasteiger charge is -2.11. The average molecular weight is 271 g/mol. The van der Waals surface area contributed by atoms with Crippen LogP contribution in [-0.4, -0.2) is 20.6 Å². The summed E-state index contributed by atoms with van der Waals surface area (Å²) in [5.41, 5.74) is 1.39. The second kappa shape index (κ2) is 5.09. The van der Waals surface area contributed by atoms with E-state index in [4.69, 9.17) is 5.11 Å². The van der Waals surface area contributed by atoms with Crippen LogP contribution in [0, 0.1) is 0 Å².